The number of rotatable bonds is 5. The van der Waals surface area contributed by atoms with Crippen LogP contribution in [-0.2, 0) is 28.6 Å². The summed E-state index contributed by atoms with van der Waals surface area (Å²) < 4.78 is 17.2. The van der Waals surface area contributed by atoms with Crippen molar-refractivity contribution in [3.8, 4) is 0 Å². The van der Waals surface area contributed by atoms with E-state index in [-0.39, 0.29) is 40.6 Å². The van der Waals surface area contributed by atoms with Crippen LogP contribution in [0.4, 0.5) is 0 Å². The molecule has 0 unspecified atom stereocenters. The molecule has 0 amide bonds. The summed E-state index contributed by atoms with van der Waals surface area (Å²) in [5.41, 5.74) is 4.30. The van der Waals surface area contributed by atoms with Gasteiger partial charge in [0.25, 0.3) is 0 Å². The van der Waals surface area contributed by atoms with Gasteiger partial charge in [0, 0.05) is 25.2 Å². The monoisotopic (exact) mass is 568 g/mol. The highest BCUT2D eigenvalue weighted by Gasteiger charge is 2.60. The highest BCUT2D eigenvalue weighted by Crippen LogP contribution is 2.62. The summed E-state index contributed by atoms with van der Waals surface area (Å²) >= 11 is 0. The lowest BCUT2D eigenvalue weighted by Gasteiger charge is -2.58. The number of hydrogen-bond donors (Lipinski definition) is 0. The van der Waals surface area contributed by atoms with Crippen LogP contribution in [-0.4, -0.2) is 37.2 Å². The Morgan fingerprint density at radius 1 is 0.829 bits per heavy atom. The molecule has 0 aliphatic heterocycles. The molecule has 0 radical (unpaired) electrons. The van der Waals surface area contributed by atoms with Crippen LogP contribution in [0.1, 0.15) is 114 Å². The second kappa shape index (κ2) is 11.0. The van der Waals surface area contributed by atoms with E-state index < -0.39 is 23.0 Å². The van der Waals surface area contributed by atoms with Crippen LogP contribution in [0.15, 0.2) is 34.4 Å². The summed E-state index contributed by atoms with van der Waals surface area (Å²) in [6.07, 6.45) is 10.7. The van der Waals surface area contributed by atoms with Crippen LogP contribution in [0.3, 0.4) is 0 Å². The predicted molar refractivity (Wildman–Crippen MR) is 160 cm³/mol. The first kappa shape index (κ1) is 31.6. The van der Waals surface area contributed by atoms with Crippen molar-refractivity contribution < 1.29 is 28.6 Å². The fraction of sp³-hybridized carbons (Fsp3) is 0.743. The number of allylic oxidation sites excluding steroid dienone is 6. The molecule has 41 heavy (non-hydrogen) atoms. The Labute approximate surface area is 247 Å². The molecule has 2 fully saturated rings. The van der Waals surface area contributed by atoms with E-state index >= 15 is 0 Å². The SMILES string of the molecule is COC(=O)[C@@]12CCC(C)=C(/C=C/C3=C(C)CC[C@H]4C(C)(C)[C@@H](OC(C)=O)[C@H](OC(C)=O)C[C@]34C)[C@@H]1CC(C)(C)CC2. The predicted octanol–water partition coefficient (Wildman–Crippen LogP) is 7.66. The van der Waals surface area contributed by atoms with Gasteiger partial charge in [0.2, 0.25) is 0 Å². The van der Waals surface area contributed by atoms with Gasteiger partial charge in [0.15, 0.2) is 0 Å². The molecule has 0 spiro atoms. The van der Waals surface area contributed by atoms with Crippen LogP contribution < -0.4 is 0 Å². The van der Waals surface area contributed by atoms with E-state index in [0.717, 1.165) is 44.9 Å². The minimum absolute atomic E-state index is 0.0637. The van der Waals surface area contributed by atoms with Gasteiger partial charge in [-0.05, 0) is 93.1 Å². The minimum Gasteiger partial charge on any atom is -0.469 e. The largest absolute Gasteiger partial charge is 0.469 e. The fourth-order valence-corrected chi connectivity index (χ4v) is 9.32. The number of fused-ring (bicyclic) bond motifs is 2. The third kappa shape index (κ3) is 5.57. The maximum Gasteiger partial charge on any atom is 0.312 e. The molecule has 4 aliphatic rings. The number of carbonyl (C=O) groups excluding carboxylic acids is 3. The van der Waals surface area contributed by atoms with Crippen molar-refractivity contribution in [1.29, 1.82) is 0 Å². The first-order chi connectivity index (χ1) is 19.0. The lowest BCUT2D eigenvalue weighted by molar-refractivity contribution is -0.203. The van der Waals surface area contributed by atoms with Gasteiger partial charge in [-0.2, -0.15) is 0 Å². The van der Waals surface area contributed by atoms with E-state index in [9.17, 15) is 14.4 Å². The van der Waals surface area contributed by atoms with Crippen molar-refractivity contribution in [2.75, 3.05) is 7.11 Å². The van der Waals surface area contributed by atoms with E-state index in [4.69, 9.17) is 14.2 Å². The van der Waals surface area contributed by atoms with Crippen molar-refractivity contribution in [3.63, 3.8) is 0 Å². The van der Waals surface area contributed by atoms with Crippen molar-refractivity contribution in [2.24, 2.45) is 33.5 Å². The van der Waals surface area contributed by atoms with Gasteiger partial charge < -0.3 is 14.2 Å². The molecule has 0 aromatic carbocycles. The van der Waals surface area contributed by atoms with E-state index in [1.807, 2.05) is 0 Å². The molecule has 6 heteroatoms. The standard InChI is InChI=1S/C35H52O6/c1-21-15-16-35(31(38)39-10)18-17-32(5,6)19-27(35)25(21)12-13-26-22(2)11-14-29-33(7,8)30(41-24(4)37)28(40-23(3)36)20-34(26,29)9/h12-13,27-30H,11,14-20H2,1-10H3/b13-12+/t27-,28+,29-,30-,34+,35+/m0/s1. The summed E-state index contributed by atoms with van der Waals surface area (Å²) in [4.78, 5) is 37.7. The Bertz CT molecular complexity index is 1180. The third-order valence-corrected chi connectivity index (χ3v) is 11.4. The van der Waals surface area contributed by atoms with Gasteiger partial charge in [-0.15, -0.1) is 0 Å². The Kier molecular flexibility index (Phi) is 8.50. The Morgan fingerprint density at radius 3 is 2.10 bits per heavy atom. The molecule has 0 aromatic heterocycles. The molecule has 0 bridgehead atoms. The second-order valence-corrected chi connectivity index (χ2v) is 15.0. The first-order valence-electron chi connectivity index (χ1n) is 15.5. The first-order valence-corrected chi connectivity index (χ1v) is 15.5. The van der Waals surface area contributed by atoms with Crippen molar-refractivity contribution in [2.45, 2.75) is 126 Å². The summed E-state index contributed by atoms with van der Waals surface area (Å²) in [6.45, 7) is 18.5. The number of ether oxygens (including phenoxy) is 3. The highest BCUT2D eigenvalue weighted by atomic mass is 16.6. The topological polar surface area (TPSA) is 78.9 Å². The van der Waals surface area contributed by atoms with E-state index in [0.29, 0.717) is 6.42 Å². The molecule has 228 valence electrons. The van der Waals surface area contributed by atoms with Crippen LogP contribution in [0.2, 0.25) is 0 Å². The van der Waals surface area contributed by atoms with Gasteiger partial charge in [0.1, 0.15) is 12.2 Å². The summed E-state index contributed by atoms with van der Waals surface area (Å²) in [6, 6.07) is 0. The van der Waals surface area contributed by atoms with Gasteiger partial charge in [0.05, 0.1) is 12.5 Å². The van der Waals surface area contributed by atoms with Crippen LogP contribution >= 0.6 is 0 Å². The zero-order chi connectivity index (χ0) is 30.5. The van der Waals surface area contributed by atoms with Crippen molar-refractivity contribution in [3.05, 3.63) is 34.4 Å². The zero-order valence-electron chi connectivity index (χ0n) is 27.1. The summed E-state index contributed by atoms with van der Waals surface area (Å²) in [5.74, 6) is -0.414. The number of esters is 3. The number of carbonyl (C=O) groups is 3. The van der Waals surface area contributed by atoms with Gasteiger partial charge >= 0.3 is 17.9 Å². The summed E-state index contributed by atoms with van der Waals surface area (Å²) in [7, 11) is 1.53. The van der Waals surface area contributed by atoms with Gasteiger partial charge in [-0.3, -0.25) is 14.4 Å². The average Bonchev–Trinajstić information content (AvgIpc) is 2.85. The molecule has 0 N–H and O–H groups in total. The van der Waals surface area contributed by atoms with E-state index in [2.05, 4.69) is 60.6 Å². The molecule has 4 rings (SSSR count). The van der Waals surface area contributed by atoms with Crippen LogP contribution in [0, 0.1) is 33.5 Å². The van der Waals surface area contributed by atoms with Crippen LogP contribution in [0.5, 0.6) is 0 Å². The van der Waals surface area contributed by atoms with Crippen LogP contribution in [0.25, 0.3) is 0 Å². The molecule has 0 saturated heterocycles. The average molecular weight is 569 g/mol. The molecule has 0 heterocycles. The normalized spacial score (nSPS) is 36.3. The van der Waals surface area contributed by atoms with E-state index in [1.165, 1.54) is 43.2 Å². The van der Waals surface area contributed by atoms with Gasteiger partial charge in [-0.25, -0.2) is 0 Å². The smallest absolute Gasteiger partial charge is 0.312 e. The van der Waals surface area contributed by atoms with Gasteiger partial charge in [-0.1, -0.05) is 57.9 Å². The Hall–Kier alpha value is -2.37. The van der Waals surface area contributed by atoms with Crippen molar-refractivity contribution >= 4 is 17.9 Å². The maximum atomic E-state index is 13.3. The second-order valence-electron chi connectivity index (χ2n) is 15.0. The van der Waals surface area contributed by atoms with E-state index in [1.54, 1.807) is 0 Å². The lowest BCUT2D eigenvalue weighted by atomic mass is 9.48. The maximum absolute atomic E-state index is 13.3. The third-order valence-electron chi connectivity index (χ3n) is 11.4. The molecule has 0 aromatic rings. The molecule has 6 atom stereocenters. The zero-order valence-corrected chi connectivity index (χ0v) is 27.1. The Morgan fingerprint density at radius 2 is 1.49 bits per heavy atom. The van der Waals surface area contributed by atoms with Crippen molar-refractivity contribution in [1.82, 2.24) is 0 Å². The molecular formula is C35H52O6. The lowest BCUT2D eigenvalue weighted by Crippen LogP contribution is -2.60. The number of methoxy groups -OCH3 is 1. The Balaban J connectivity index is 1.77. The molecule has 2 saturated carbocycles. The fourth-order valence-electron chi connectivity index (χ4n) is 9.32. The highest BCUT2D eigenvalue weighted by molar-refractivity contribution is 5.79. The molecular weight excluding hydrogens is 516 g/mol. The number of hydrogen-bond acceptors (Lipinski definition) is 6. The summed E-state index contributed by atoms with van der Waals surface area (Å²) in [5, 5.41) is 0. The quantitative estimate of drug-likeness (QED) is 0.250. The minimum atomic E-state index is -0.524. The molecule has 6 nitrogen and oxygen atoms in total. The molecule has 4 aliphatic carbocycles.